The molecular weight excluding hydrogens is 1070 g/mol. The summed E-state index contributed by atoms with van der Waals surface area (Å²) >= 11 is 1.24. The molecule has 1 aliphatic rings. The van der Waals surface area contributed by atoms with Gasteiger partial charge in [0.1, 0.15) is 24.2 Å². The summed E-state index contributed by atoms with van der Waals surface area (Å²) in [5.74, 6) is -11.7. The molecule has 33 heteroatoms. The van der Waals surface area contributed by atoms with Crippen LogP contribution in [0.4, 0.5) is 0 Å². The number of likely N-dealkylation sites (N-methyl/N-ethyl adjacent to an activating group) is 1. The summed E-state index contributed by atoms with van der Waals surface area (Å²) < 4.78 is 0. The van der Waals surface area contributed by atoms with Gasteiger partial charge in [0.15, 0.2) is 5.78 Å². The first-order valence-corrected chi connectivity index (χ1v) is 27.7. The molecule has 0 aliphatic carbocycles. The van der Waals surface area contributed by atoms with Crippen molar-refractivity contribution < 1.29 is 82.8 Å². The molecule has 6 atom stereocenters. The first-order valence-electron chi connectivity index (χ1n) is 23.8. The number of carbonyl (C=O) groups is 13. The van der Waals surface area contributed by atoms with Crippen molar-refractivity contribution in [3.63, 3.8) is 0 Å². The van der Waals surface area contributed by atoms with Crippen LogP contribution in [0.3, 0.4) is 0 Å². The second kappa shape index (κ2) is 37.0. The van der Waals surface area contributed by atoms with Gasteiger partial charge in [-0.2, -0.15) is 11.8 Å². The standard InChI is InChI=1S/C43H73N13O17S3/c1-25(57)26(51-43(73)28(52-42(72)27(47-2)6-9-35(61)62)5-8-33(59)48-29(22-74-3)39(44)69)4-7-32(58)49-30(40(45)70)23-75-76-24-31(41(46)71)50-34(60)18-53-10-12-54(19-36(63)64)14-16-56(21-38(67)68)17-15-55(13-11-53)20-37(65)66/h26-31,47H,4-24H2,1-3H3,(H2,44,69)(H2,45,70)(H2,46,71)(H,48,59)(H,49,58)(H,50,60)(H,51,73)(H,52,72)(H,61,62)(H,63,64)(H,65,66)(H,67,68). The number of nitrogens with one attached hydrogen (secondary N) is 6. The van der Waals surface area contributed by atoms with Gasteiger partial charge in [-0.3, -0.25) is 81.9 Å². The van der Waals surface area contributed by atoms with Crippen molar-refractivity contribution in [3.8, 4) is 0 Å². The molecule has 430 valence electrons. The van der Waals surface area contributed by atoms with E-state index in [0.29, 0.717) is 0 Å². The summed E-state index contributed by atoms with van der Waals surface area (Å²) in [6.07, 6.45) is -0.358. The van der Waals surface area contributed by atoms with Gasteiger partial charge in [0.2, 0.25) is 47.3 Å². The Balaban J connectivity index is 2.99. The minimum atomic E-state index is -1.47. The van der Waals surface area contributed by atoms with E-state index in [1.165, 1.54) is 18.8 Å². The lowest BCUT2D eigenvalue weighted by Gasteiger charge is -2.33. The number of nitrogens with two attached hydrogens (primary N) is 3. The third-order valence-electron chi connectivity index (χ3n) is 11.4. The van der Waals surface area contributed by atoms with Crippen LogP contribution in [0.5, 0.6) is 0 Å². The maximum absolute atomic E-state index is 13.6. The average Bonchev–Trinajstić information content (AvgIpc) is 3.31. The van der Waals surface area contributed by atoms with Crippen LogP contribution >= 0.6 is 33.3 Å². The Kier molecular flexibility index (Phi) is 33.2. The first-order chi connectivity index (χ1) is 35.7. The van der Waals surface area contributed by atoms with Gasteiger partial charge >= 0.3 is 23.9 Å². The van der Waals surface area contributed by atoms with Crippen molar-refractivity contribution in [2.24, 2.45) is 17.2 Å². The molecule has 1 aliphatic heterocycles. The minimum absolute atomic E-state index is 0.118. The third-order valence-corrected chi connectivity index (χ3v) is 14.5. The zero-order chi connectivity index (χ0) is 57.5. The fourth-order valence-electron chi connectivity index (χ4n) is 7.16. The smallest absolute Gasteiger partial charge is 0.317 e. The van der Waals surface area contributed by atoms with Crippen molar-refractivity contribution in [1.82, 2.24) is 51.5 Å². The second-order valence-electron chi connectivity index (χ2n) is 17.5. The van der Waals surface area contributed by atoms with Crippen molar-refractivity contribution in [1.29, 1.82) is 0 Å². The molecule has 1 saturated heterocycles. The molecule has 0 saturated carbocycles. The van der Waals surface area contributed by atoms with E-state index in [2.05, 4.69) is 31.9 Å². The number of Topliss-reactive ketones (excluding diaryl/α,β-unsaturated/α-hetero) is 1. The predicted octanol–water partition coefficient (Wildman–Crippen LogP) is -6.31. The average molecular weight is 1140 g/mol. The monoisotopic (exact) mass is 1140 g/mol. The number of primary amides is 3. The molecule has 76 heavy (non-hydrogen) atoms. The molecular formula is C43H73N13O17S3. The topological polar surface area (TPSA) is 466 Å². The van der Waals surface area contributed by atoms with E-state index in [1.807, 2.05) is 0 Å². The Morgan fingerprint density at radius 2 is 0.763 bits per heavy atom. The number of rotatable bonds is 36. The lowest BCUT2D eigenvalue weighted by atomic mass is 10.0. The highest BCUT2D eigenvalue weighted by Crippen LogP contribution is 2.23. The van der Waals surface area contributed by atoms with Crippen LogP contribution in [0.2, 0.25) is 0 Å². The molecule has 0 bridgehead atoms. The normalized spacial score (nSPS) is 16.6. The molecule has 1 heterocycles. The van der Waals surface area contributed by atoms with Gasteiger partial charge in [0, 0.05) is 88.9 Å². The first kappa shape index (κ1) is 68.2. The van der Waals surface area contributed by atoms with Gasteiger partial charge in [-0.1, -0.05) is 21.6 Å². The molecule has 16 N–H and O–H groups in total. The maximum atomic E-state index is 13.6. The van der Waals surface area contributed by atoms with Crippen LogP contribution in [-0.2, 0) is 62.3 Å². The molecule has 1 rings (SSSR count). The van der Waals surface area contributed by atoms with E-state index >= 15 is 0 Å². The highest BCUT2D eigenvalue weighted by atomic mass is 33.1. The van der Waals surface area contributed by atoms with E-state index in [4.69, 9.17) is 22.3 Å². The number of hydrogen-bond donors (Lipinski definition) is 13. The molecule has 0 radical (unpaired) electrons. The summed E-state index contributed by atoms with van der Waals surface area (Å²) in [7, 11) is 3.38. The maximum Gasteiger partial charge on any atom is 0.317 e. The number of amides is 8. The third kappa shape index (κ3) is 30.0. The molecule has 30 nitrogen and oxygen atoms in total. The van der Waals surface area contributed by atoms with Gasteiger partial charge < -0.3 is 69.5 Å². The van der Waals surface area contributed by atoms with Gasteiger partial charge in [-0.15, -0.1) is 0 Å². The molecule has 1 fully saturated rings. The molecule has 0 aromatic carbocycles. The molecule has 0 aromatic heterocycles. The van der Waals surface area contributed by atoms with Crippen molar-refractivity contribution >= 4 is 110 Å². The number of carbonyl (C=O) groups excluding carboxylic acids is 9. The molecule has 8 amide bonds. The predicted molar refractivity (Wildman–Crippen MR) is 278 cm³/mol. The lowest BCUT2D eigenvalue weighted by Crippen LogP contribution is -2.55. The van der Waals surface area contributed by atoms with Crippen molar-refractivity contribution in [3.05, 3.63) is 0 Å². The van der Waals surface area contributed by atoms with Gasteiger partial charge in [-0.25, -0.2) is 0 Å². The number of carboxylic acid groups (broad SMARTS) is 4. The van der Waals surface area contributed by atoms with Crippen LogP contribution in [0.25, 0.3) is 0 Å². The van der Waals surface area contributed by atoms with E-state index in [9.17, 15) is 77.6 Å². The largest absolute Gasteiger partial charge is 0.481 e. The number of carboxylic acids is 4. The van der Waals surface area contributed by atoms with E-state index in [-0.39, 0.29) is 115 Å². The Bertz CT molecular complexity index is 2000. The van der Waals surface area contributed by atoms with Crippen LogP contribution in [0, 0.1) is 0 Å². The van der Waals surface area contributed by atoms with Crippen LogP contribution in [0.15, 0.2) is 0 Å². The number of nitrogens with zero attached hydrogens (tertiary/aromatic N) is 4. The number of aliphatic carboxylic acids is 4. The second-order valence-corrected chi connectivity index (χ2v) is 20.9. The van der Waals surface area contributed by atoms with Crippen molar-refractivity contribution in [2.45, 2.75) is 81.7 Å². The zero-order valence-electron chi connectivity index (χ0n) is 42.7. The molecule has 0 aromatic rings. The highest BCUT2D eigenvalue weighted by molar-refractivity contribution is 8.76. The van der Waals surface area contributed by atoms with E-state index in [1.54, 1.807) is 25.9 Å². The lowest BCUT2D eigenvalue weighted by molar-refractivity contribution is -0.140. The highest BCUT2D eigenvalue weighted by Gasteiger charge is 2.31. The summed E-state index contributed by atoms with van der Waals surface area (Å²) in [6.45, 7) is 0.944. The van der Waals surface area contributed by atoms with E-state index in [0.717, 1.165) is 28.5 Å². The van der Waals surface area contributed by atoms with Gasteiger partial charge in [-0.05, 0) is 39.5 Å². The Morgan fingerprint density at radius 1 is 0.434 bits per heavy atom. The Hall–Kier alpha value is -5.84. The summed E-state index contributed by atoms with van der Waals surface area (Å²) in [6, 6.07) is -7.41. The Labute approximate surface area is 450 Å². The van der Waals surface area contributed by atoms with Crippen LogP contribution in [0.1, 0.15) is 45.4 Å². The number of ketones is 1. The molecule has 6 unspecified atom stereocenters. The number of hydrogen-bond acceptors (Lipinski definition) is 21. The zero-order valence-corrected chi connectivity index (χ0v) is 45.1. The van der Waals surface area contributed by atoms with Gasteiger partial charge in [0.25, 0.3) is 0 Å². The van der Waals surface area contributed by atoms with Crippen LogP contribution in [-0.4, -0.2) is 262 Å². The fraction of sp³-hybridized carbons (Fsp3) is 0.698. The number of thioether (sulfide) groups is 1. The van der Waals surface area contributed by atoms with Gasteiger partial charge in [0.05, 0.1) is 38.3 Å². The summed E-state index contributed by atoms with van der Waals surface area (Å²) in [5.41, 5.74) is 16.5. The fourth-order valence-corrected chi connectivity index (χ4v) is 10.1. The summed E-state index contributed by atoms with van der Waals surface area (Å²) in [4.78, 5) is 168. The van der Waals surface area contributed by atoms with E-state index < -0.39 is 132 Å². The summed E-state index contributed by atoms with van der Waals surface area (Å²) in [5, 5.41) is 52.5. The quantitative estimate of drug-likeness (QED) is 0.0205. The van der Waals surface area contributed by atoms with Crippen molar-refractivity contribution in [2.75, 3.05) is 109 Å². The SMILES string of the molecule is CNC(CCC(=O)O)C(=O)NC(CCC(=O)NC(CSC)C(N)=O)C(=O)NC(CCC(=O)NC(CSSCC(NC(=O)CN1CCN(CC(=O)O)CCN(CC(=O)O)CCN(CC(=O)O)CC1)C(N)=O)C(N)=O)C(C)=O. The van der Waals surface area contributed by atoms with Crippen LogP contribution < -0.4 is 49.1 Å². The molecule has 0 spiro atoms. The minimum Gasteiger partial charge on any atom is -0.481 e. The Morgan fingerprint density at radius 3 is 1.11 bits per heavy atom.